The third-order valence-electron chi connectivity index (χ3n) is 6.88. The summed E-state index contributed by atoms with van der Waals surface area (Å²) in [6.07, 6.45) is 1.77. The average molecular weight is 331 g/mol. The van der Waals surface area contributed by atoms with Crippen LogP contribution in [0.15, 0.2) is 0 Å². The summed E-state index contributed by atoms with van der Waals surface area (Å²) in [5.74, 6) is 0.922. The first-order valence-corrected chi connectivity index (χ1v) is 10.1. The van der Waals surface area contributed by atoms with Crippen LogP contribution in [0.4, 0.5) is 0 Å². The lowest BCUT2D eigenvalue weighted by Gasteiger charge is -2.42. The van der Waals surface area contributed by atoms with Crippen molar-refractivity contribution >= 4 is 10.0 Å². The number of aliphatic hydroxyl groups is 1. The lowest BCUT2D eigenvalue weighted by atomic mass is 9.69. The summed E-state index contributed by atoms with van der Waals surface area (Å²) in [5.41, 5.74) is -0.413. The predicted molar refractivity (Wildman–Crippen MR) is 84.6 cm³/mol. The molecule has 0 spiro atoms. The molecular formula is C16H29NO4S. The zero-order valence-electron chi connectivity index (χ0n) is 14.1. The molecule has 1 heterocycles. The minimum absolute atomic E-state index is 0.0529. The molecule has 0 aromatic rings. The van der Waals surface area contributed by atoms with Crippen LogP contribution in [0, 0.1) is 22.7 Å². The fraction of sp³-hybridized carbons (Fsp3) is 1.00. The number of hydrogen-bond acceptors (Lipinski definition) is 4. The van der Waals surface area contributed by atoms with Crippen LogP contribution in [-0.2, 0) is 14.8 Å². The van der Waals surface area contributed by atoms with E-state index in [0.717, 1.165) is 12.8 Å². The van der Waals surface area contributed by atoms with E-state index < -0.39 is 16.3 Å². The van der Waals surface area contributed by atoms with Gasteiger partial charge in [-0.3, -0.25) is 0 Å². The van der Waals surface area contributed by atoms with E-state index in [9.17, 15) is 13.5 Å². The molecule has 128 valence electrons. The Hall–Kier alpha value is -0.170. The predicted octanol–water partition coefficient (Wildman–Crippen LogP) is 1.82. The fourth-order valence-corrected chi connectivity index (χ4v) is 8.00. The van der Waals surface area contributed by atoms with Crippen LogP contribution in [0.1, 0.15) is 47.0 Å². The van der Waals surface area contributed by atoms with Crippen molar-refractivity contribution in [3.05, 3.63) is 0 Å². The summed E-state index contributed by atoms with van der Waals surface area (Å²) in [6, 6.07) is 0. The van der Waals surface area contributed by atoms with Gasteiger partial charge >= 0.3 is 0 Å². The molecule has 2 aliphatic carbocycles. The smallest absolute Gasteiger partial charge is 0.214 e. The maximum Gasteiger partial charge on any atom is 0.214 e. The fourth-order valence-electron chi connectivity index (χ4n) is 5.69. The van der Waals surface area contributed by atoms with Gasteiger partial charge in [0.15, 0.2) is 6.29 Å². The molecule has 0 aromatic heterocycles. The average Bonchev–Trinajstić information content (AvgIpc) is 2.95. The van der Waals surface area contributed by atoms with Crippen LogP contribution in [0.5, 0.6) is 0 Å². The van der Waals surface area contributed by atoms with E-state index >= 15 is 0 Å². The highest BCUT2D eigenvalue weighted by molar-refractivity contribution is 7.89. The molecule has 3 fully saturated rings. The number of nitrogens with zero attached hydrogens (tertiary/aromatic N) is 1. The maximum atomic E-state index is 12.9. The Kier molecular flexibility index (Phi) is 3.91. The molecule has 5 nitrogen and oxygen atoms in total. The molecule has 1 saturated heterocycles. The highest BCUT2D eigenvalue weighted by Gasteiger charge is 2.72. The van der Waals surface area contributed by atoms with Gasteiger partial charge in [-0.2, -0.15) is 0 Å². The summed E-state index contributed by atoms with van der Waals surface area (Å²) in [6.45, 7) is 9.20. The Morgan fingerprint density at radius 2 is 1.91 bits per heavy atom. The normalized spacial score (nSPS) is 43.0. The van der Waals surface area contributed by atoms with Gasteiger partial charge in [0.25, 0.3) is 0 Å². The van der Waals surface area contributed by atoms with Crippen molar-refractivity contribution in [1.29, 1.82) is 0 Å². The van der Waals surface area contributed by atoms with Gasteiger partial charge in [-0.05, 0) is 30.1 Å². The first-order valence-electron chi connectivity index (χ1n) is 8.51. The van der Waals surface area contributed by atoms with Crippen molar-refractivity contribution in [2.75, 3.05) is 18.8 Å². The zero-order chi connectivity index (χ0) is 16.3. The van der Waals surface area contributed by atoms with Crippen molar-refractivity contribution < 1.29 is 18.3 Å². The summed E-state index contributed by atoms with van der Waals surface area (Å²) < 4.78 is 33.2. The van der Waals surface area contributed by atoms with Gasteiger partial charge in [-0.1, -0.05) is 27.7 Å². The van der Waals surface area contributed by atoms with Gasteiger partial charge in [-0.25, -0.2) is 12.7 Å². The number of rotatable bonds is 5. The molecule has 22 heavy (non-hydrogen) atoms. The van der Waals surface area contributed by atoms with Gasteiger partial charge in [0.05, 0.1) is 11.9 Å². The lowest BCUT2D eigenvalue weighted by Crippen LogP contribution is -2.49. The summed E-state index contributed by atoms with van der Waals surface area (Å²) in [7, 11) is -3.31. The van der Waals surface area contributed by atoms with Gasteiger partial charge in [0.2, 0.25) is 10.0 Å². The number of hydrogen-bond donors (Lipinski definition) is 1. The topological polar surface area (TPSA) is 66.8 Å². The highest BCUT2D eigenvalue weighted by atomic mass is 32.2. The van der Waals surface area contributed by atoms with Crippen molar-refractivity contribution in [1.82, 2.24) is 4.31 Å². The van der Waals surface area contributed by atoms with Crippen LogP contribution in [0.3, 0.4) is 0 Å². The van der Waals surface area contributed by atoms with E-state index in [-0.39, 0.29) is 22.7 Å². The van der Waals surface area contributed by atoms with Gasteiger partial charge in [0, 0.05) is 24.9 Å². The second-order valence-electron chi connectivity index (χ2n) is 7.77. The largest absolute Gasteiger partial charge is 0.368 e. The highest BCUT2D eigenvalue weighted by Crippen LogP contribution is 2.71. The molecule has 3 rings (SSSR count). The molecule has 5 atom stereocenters. The number of sulfonamides is 1. The van der Waals surface area contributed by atoms with E-state index in [1.54, 1.807) is 4.31 Å². The second-order valence-corrected chi connectivity index (χ2v) is 9.74. The summed E-state index contributed by atoms with van der Waals surface area (Å²) in [5, 5.41) is 9.90. The standard InChI is InChI=1S/C16H29NO4S/c1-5-17(6-2)22(19,20)10-16-8-7-12(15(16,3)4)11-9-13(18)21-14(11)16/h11-14,18H,5-10H2,1-4H3/t11-,12-,13-,14-,16+/m0/s1. The van der Waals surface area contributed by atoms with Crippen molar-refractivity contribution in [2.45, 2.75) is 59.4 Å². The molecule has 0 amide bonds. The number of fused-ring (bicyclic) bond motifs is 5. The Bertz CT molecular complexity index is 542. The van der Waals surface area contributed by atoms with Crippen LogP contribution >= 0.6 is 0 Å². The van der Waals surface area contributed by atoms with E-state index in [1.165, 1.54) is 0 Å². The Morgan fingerprint density at radius 3 is 2.50 bits per heavy atom. The molecule has 6 heteroatoms. The molecular weight excluding hydrogens is 302 g/mol. The SMILES string of the molecule is CCN(CC)S(=O)(=O)C[C@]12CC[C@@H]([C@@H]3C[C@@H](O)O[C@@H]31)C2(C)C. The molecule has 0 unspecified atom stereocenters. The molecule has 2 bridgehead atoms. The molecule has 0 radical (unpaired) electrons. The summed E-state index contributed by atoms with van der Waals surface area (Å²) in [4.78, 5) is 0. The van der Waals surface area contributed by atoms with Crippen molar-refractivity contribution in [3.63, 3.8) is 0 Å². The van der Waals surface area contributed by atoms with Gasteiger partial charge < -0.3 is 9.84 Å². The number of aliphatic hydroxyl groups excluding tert-OH is 1. The molecule has 2 saturated carbocycles. The van der Waals surface area contributed by atoms with Crippen LogP contribution in [0.25, 0.3) is 0 Å². The molecule has 3 aliphatic rings. The summed E-state index contributed by atoms with van der Waals surface area (Å²) >= 11 is 0. The molecule has 1 aliphatic heterocycles. The first-order chi connectivity index (χ1) is 10.2. The molecule has 1 N–H and O–H groups in total. The third kappa shape index (κ3) is 2.03. The van der Waals surface area contributed by atoms with E-state index in [0.29, 0.717) is 31.3 Å². The maximum absolute atomic E-state index is 12.9. The van der Waals surface area contributed by atoms with Crippen molar-refractivity contribution in [2.24, 2.45) is 22.7 Å². The lowest BCUT2D eigenvalue weighted by molar-refractivity contribution is -0.133. The minimum Gasteiger partial charge on any atom is -0.368 e. The Balaban J connectivity index is 1.97. The first kappa shape index (κ1) is 16.7. The van der Waals surface area contributed by atoms with Gasteiger partial charge in [-0.15, -0.1) is 0 Å². The van der Waals surface area contributed by atoms with Crippen LogP contribution in [-0.4, -0.2) is 49.1 Å². The minimum atomic E-state index is -3.31. The third-order valence-corrected chi connectivity index (χ3v) is 9.06. The van der Waals surface area contributed by atoms with E-state index in [4.69, 9.17) is 4.74 Å². The van der Waals surface area contributed by atoms with Gasteiger partial charge in [0.1, 0.15) is 0 Å². The molecule has 0 aromatic carbocycles. The van der Waals surface area contributed by atoms with E-state index in [1.807, 2.05) is 13.8 Å². The quantitative estimate of drug-likeness (QED) is 0.834. The monoisotopic (exact) mass is 331 g/mol. The Morgan fingerprint density at radius 1 is 1.27 bits per heavy atom. The van der Waals surface area contributed by atoms with Crippen LogP contribution < -0.4 is 0 Å². The Labute approximate surface area is 134 Å². The van der Waals surface area contributed by atoms with Crippen LogP contribution in [0.2, 0.25) is 0 Å². The zero-order valence-corrected chi connectivity index (χ0v) is 14.9. The van der Waals surface area contributed by atoms with Crippen molar-refractivity contribution in [3.8, 4) is 0 Å². The van der Waals surface area contributed by atoms with E-state index in [2.05, 4.69) is 13.8 Å². The second kappa shape index (κ2) is 5.16. The number of ether oxygens (including phenoxy) is 1.